The van der Waals surface area contributed by atoms with Crippen LogP contribution in [0, 0.1) is 5.92 Å². The van der Waals surface area contributed by atoms with Crippen molar-refractivity contribution in [2.75, 3.05) is 39.4 Å². The van der Waals surface area contributed by atoms with Crippen LogP contribution in [0.2, 0.25) is 0 Å². The Hall–Kier alpha value is -2.11. The van der Waals surface area contributed by atoms with Gasteiger partial charge in [0.15, 0.2) is 6.61 Å². The van der Waals surface area contributed by atoms with E-state index in [1.807, 2.05) is 42.5 Å². The Morgan fingerprint density at radius 2 is 2.08 bits per heavy atom. The summed E-state index contributed by atoms with van der Waals surface area (Å²) in [5, 5.41) is 5.05. The molecule has 0 aromatic heterocycles. The summed E-state index contributed by atoms with van der Waals surface area (Å²) in [5.74, 6) is 1.25. The lowest BCUT2D eigenvalue weighted by Gasteiger charge is -2.33. The summed E-state index contributed by atoms with van der Waals surface area (Å²) >= 11 is 0. The third kappa shape index (κ3) is 5.19. The van der Waals surface area contributed by atoms with Crippen LogP contribution in [-0.4, -0.2) is 56.3 Å². The highest BCUT2D eigenvalue weighted by molar-refractivity contribution is 5.88. The van der Waals surface area contributed by atoms with E-state index in [1.165, 1.54) is 0 Å². The average Bonchev–Trinajstić information content (AvgIpc) is 2.64. The first-order valence-corrected chi connectivity index (χ1v) is 9.33. The zero-order valence-corrected chi connectivity index (χ0v) is 15.6. The molecule has 0 aliphatic carbocycles. The smallest absolute Gasteiger partial charge is 0.258 e. The van der Waals surface area contributed by atoms with Gasteiger partial charge in [0, 0.05) is 31.6 Å². The number of nitrogens with zero attached hydrogens (tertiary/aromatic N) is 1. The number of nitrogens with one attached hydrogen (secondary N) is 1. The van der Waals surface area contributed by atoms with Gasteiger partial charge < -0.3 is 14.8 Å². The number of hydrogen-bond acceptors (Lipinski definition) is 4. The van der Waals surface area contributed by atoms with Crippen molar-refractivity contribution in [2.45, 2.75) is 20.0 Å². The molecule has 1 atom stereocenters. The predicted molar refractivity (Wildman–Crippen MR) is 103 cm³/mol. The van der Waals surface area contributed by atoms with Crippen LogP contribution in [0.1, 0.15) is 13.8 Å². The summed E-state index contributed by atoms with van der Waals surface area (Å²) in [4.78, 5) is 14.5. The van der Waals surface area contributed by atoms with Crippen LogP contribution in [0.25, 0.3) is 10.8 Å². The summed E-state index contributed by atoms with van der Waals surface area (Å²) in [6.45, 7) is 8.59. The van der Waals surface area contributed by atoms with E-state index in [2.05, 4.69) is 24.1 Å². The van der Waals surface area contributed by atoms with Crippen LogP contribution in [0.4, 0.5) is 0 Å². The highest BCUT2D eigenvalue weighted by Crippen LogP contribution is 2.24. The van der Waals surface area contributed by atoms with Gasteiger partial charge in [-0.15, -0.1) is 0 Å². The number of carbonyl (C=O) groups is 1. The van der Waals surface area contributed by atoms with Crippen LogP contribution in [0.3, 0.4) is 0 Å². The normalized spacial score (nSPS) is 18.2. The third-order valence-electron chi connectivity index (χ3n) is 4.48. The zero-order valence-electron chi connectivity index (χ0n) is 15.6. The van der Waals surface area contributed by atoms with Crippen molar-refractivity contribution in [2.24, 2.45) is 5.92 Å². The topological polar surface area (TPSA) is 50.8 Å². The first-order valence-electron chi connectivity index (χ1n) is 9.33. The minimum Gasteiger partial charge on any atom is -0.483 e. The zero-order chi connectivity index (χ0) is 18.4. The number of fused-ring (bicyclic) bond motifs is 1. The number of ether oxygens (including phenoxy) is 2. The van der Waals surface area contributed by atoms with Crippen molar-refractivity contribution >= 4 is 16.7 Å². The van der Waals surface area contributed by atoms with E-state index in [1.54, 1.807) is 0 Å². The average molecular weight is 356 g/mol. The summed E-state index contributed by atoms with van der Waals surface area (Å²) in [5.41, 5.74) is 0. The minimum atomic E-state index is -0.123. The molecule has 5 nitrogen and oxygen atoms in total. The molecular weight excluding hydrogens is 328 g/mol. The molecule has 0 saturated carbocycles. The monoisotopic (exact) mass is 356 g/mol. The molecule has 2 aromatic rings. The molecule has 1 N–H and O–H groups in total. The Bertz CT molecular complexity index is 727. The molecule has 0 spiro atoms. The van der Waals surface area contributed by atoms with E-state index in [0.29, 0.717) is 12.5 Å². The largest absolute Gasteiger partial charge is 0.483 e. The summed E-state index contributed by atoms with van der Waals surface area (Å²) in [6, 6.07) is 13.9. The maximum absolute atomic E-state index is 12.1. The maximum atomic E-state index is 12.1. The lowest BCUT2D eigenvalue weighted by atomic mass is 10.1. The second-order valence-corrected chi connectivity index (χ2v) is 7.22. The van der Waals surface area contributed by atoms with E-state index in [0.717, 1.165) is 42.8 Å². The molecule has 2 aromatic carbocycles. The molecule has 1 heterocycles. The lowest BCUT2D eigenvalue weighted by Crippen LogP contribution is -2.48. The fraction of sp³-hybridized carbons (Fsp3) is 0.476. The highest BCUT2D eigenvalue weighted by atomic mass is 16.5. The number of benzene rings is 2. The second-order valence-electron chi connectivity index (χ2n) is 7.22. The van der Waals surface area contributed by atoms with Crippen molar-refractivity contribution in [1.82, 2.24) is 10.2 Å². The predicted octanol–water partition coefficient (Wildman–Crippen LogP) is 2.69. The van der Waals surface area contributed by atoms with E-state index in [4.69, 9.17) is 9.47 Å². The molecule has 1 aliphatic rings. The van der Waals surface area contributed by atoms with Crippen LogP contribution < -0.4 is 10.1 Å². The molecule has 26 heavy (non-hydrogen) atoms. The number of rotatable bonds is 7. The number of morpholine rings is 1. The number of carbonyl (C=O) groups excluding carboxylic acids is 1. The van der Waals surface area contributed by atoms with Crippen LogP contribution in [-0.2, 0) is 9.53 Å². The van der Waals surface area contributed by atoms with Gasteiger partial charge in [-0.05, 0) is 17.4 Å². The Morgan fingerprint density at radius 1 is 1.27 bits per heavy atom. The molecule has 1 aliphatic heterocycles. The molecule has 1 fully saturated rings. The second kappa shape index (κ2) is 9.01. The Kier molecular flexibility index (Phi) is 6.47. The van der Waals surface area contributed by atoms with Gasteiger partial charge in [0.1, 0.15) is 5.75 Å². The standard InChI is InChI=1S/C21H28N2O3/c1-16(2)13-23-10-11-25-18(14-23)12-22-21(24)15-26-20-9-5-7-17-6-3-4-8-19(17)20/h3-9,16,18H,10-15H2,1-2H3,(H,22,24)/t18-/m1/s1. The van der Waals surface area contributed by atoms with E-state index in [-0.39, 0.29) is 18.6 Å². The van der Waals surface area contributed by atoms with E-state index in [9.17, 15) is 4.79 Å². The van der Waals surface area contributed by atoms with E-state index >= 15 is 0 Å². The van der Waals surface area contributed by atoms with E-state index < -0.39 is 0 Å². The first kappa shape index (κ1) is 18.7. The van der Waals surface area contributed by atoms with Gasteiger partial charge in [0.25, 0.3) is 5.91 Å². The Balaban J connectivity index is 1.45. The number of amides is 1. The molecular formula is C21H28N2O3. The van der Waals surface area contributed by atoms with Gasteiger partial charge in [0.05, 0.1) is 12.7 Å². The summed E-state index contributed by atoms with van der Waals surface area (Å²) in [6.07, 6.45) is 0.0454. The molecule has 0 unspecified atom stereocenters. The Labute approximate surface area is 155 Å². The fourth-order valence-corrected chi connectivity index (χ4v) is 3.33. The van der Waals surface area contributed by atoms with Gasteiger partial charge in [-0.2, -0.15) is 0 Å². The molecule has 0 bridgehead atoms. The maximum Gasteiger partial charge on any atom is 0.258 e. The fourth-order valence-electron chi connectivity index (χ4n) is 3.33. The molecule has 140 valence electrons. The first-order chi connectivity index (χ1) is 12.6. The van der Waals surface area contributed by atoms with Gasteiger partial charge >= 0.3 is 0 Å². The molecule has 1 saturated heterocycles. The van der Waals surface area contributed by atoms with Crippen molar-refractivity contribution in [1.29, 1.82) is 0 Å². The van der Waals surface area contributed by atoms with Crippen LogP contribution in [0.15, 0.2) is 42.5 Å². The van der Waals surface area contributed by atoms with Crippen molar-refractivity contribution in [3.8, 4) is 5.75 Å². The highest BCUT2D eigenvalue weighted by Gasteiger charge is 2.21. The van der Waals surface area contributed by atoms with Gasteiger partial charge in [-0.3, -0.25) is 9.69 Å². The molecule has 3 rings (SSSR count). The quantitative estimate of drug-likeness (QED) is 0.829. The molecule has 5 heteroatoms. The third-order valence-corrected chi connectivity index (χ3v) is 4.48. The summed E-state index contributed by atoms with van der Waals surface area (Å²) in [7, 11) is 0. The number of hydrogen-bond donors (Lipinski definition) is 1. The van der Waals surface area contributed by atoms with Gasteiger partial charge in [-0.1, -0.05) is 50.2 Å². The van der Waals surface area contributed by atoms with Crippen molar-refractivity contribution in [3.63, 3.8) is 0 Å². The van der Waals surface area contributed by atoms with Gasteiger partial charge in [-0.25, -0.2) is 0 Å². The minimum absolute atomic E-state index is 0.0104. The van der Waals surface area contributed by atoms with Crippen molar-refractivity contribution < 1.29 is 14.3 Å². The molecule has 1 amide bonds. The van der Waals surface area contributed by atoms with Crippen LogP contribution in [0.5, 0.6) is 5.75 Å². The SMILES string of the molecule is CC(C)CN1CCO[C@H](CNC(=O)COc2cccc3ccccc23)C1. The lowest BCUT2D eigenvalue weighted by molar-refractivity contribution is -0.124. The Morgan fingerprint density at radius 3 is 2.92 bits per heavy atom. The van der Waals surface area contributed by atoms with Crippen molar-refractivity contribution in [3.05, 3.63) is 42.5 Å². The van der Waals surface area contributed by atoms with Crippen LogP contribution >= 0.6 is 0 Å². The molecule has 0 radical (unpaired) electrons. The van der Waals surface area contributed by atoms with Gasteiger partial charge in [0.2, 0.25) is 0 Å². The summed E-state index contributed by atoms with van der Waals surface area (Å²) < 4.78 is 11.5.